The van der Waals surface area contributed by atoms with Gasteiger partial charge in [-0.15, -0.1) is 11.3 Å². The van der Waals surface area contributed by atoms with Gasteiger partial charge in [-0.1, -0.05) is 48.5 Å². The van der Waals surface area contributed by atoms with Gasteiger partial charge in [0.05, 0.1) is 27.2 Å². The normalized spacial score (nSPS) is 11.4. The maximum atomic E-state index is 14.0. The van der Waals surface area contributed by atoms with Gasteiger partial charge in [0, 0.05) is 22.9 Å². The molecule has 188 valence electrons. The van der Waals surface area contributed by atoms with E-state index in [9.17, 15) is 9.65 Å². The van der Waals surface area contributed by atoms with Crippen LogP contribution < -0.4 is 4.74 Å². The molecule has 7 heteroatoms. The molecule has 0 radical (unpaired) electrons. The fourth-order valence-electron chi connectivity index (χ4n) is 4.20. The van der Waals surface area contributed by atoms with E-state index < -0.39 is 0 Å². The van der Waals surface area contributed by atoms with Gasteiger partial charge >= 0.3 is 0 Å². The number of nitriles is 1. The number of hydrogen-bond acceptors (Lipinski definition) is 5. The minimum Gasteiger partial charge on any atom is -0.489 e. The standard InChI is InChI=1S/C32H21FN4OS/c33-28-11-5-4-8-23(28)21-38-27-16-14-22(15-17-27)31-25(20-37(36-31)26-9-2-1-3-10-26)18-24(19-34)32-35-29-12-6-7-13-30(29)39-32/h1-18,20H,21H2/b24-18-. The minimum absolute atomic E-state index is 0.135. The molecule has 0 unspecified atom stereocenters. The predicted molar refractivity (Wildman–Crippen MR) is 153 cm³/mol. The van der Waals surface area contributed by atoms with Crippen LogP contribution in [0.5, 0.6) is 5.75 Å². The molecule has 0 bridgehead atoms. The third kappa shape index (κ3) is 5.19. The van der Waals surface area contributed by atoms with E-state index >= 15 is 0 Å². The number of aromatic nitrogens is 3. The van der Waals surface area contributed by atoms with Crippen molar-refractivity contribution in [3.05, 3.63) is 131 Å². The number of nitrogens with zero attached hydrogens (tertiary/aromatic N) is 4. The molecular formula is C32H21FN4OS. The Kier molecular flexibility index (Phi) is 6.69. The van der Waals surface area contributed by atoms with Gasteiger partial charge in [-0.25, -0.2) is 14.1 Å². The predicted octanol–water partition coefficient (Wildman–Crippen LogP) is 7.93. The van der Waals surface area contributed by atoms with Crippen LogP contribution in [0.3, 0.4) is 0 Å². The first-order chi connectivity index (χ1) is 19.2. The van der Waals surface area contributed by atoms with Crippen molar-refractivity contribution < 1.29 is 9.13 Å². The number of ether oxygens (including phenoxy) is 1. The average Bonchev–Trinajstić information content (AvgIpc) is 3.61. The van der Waals surface area contributed by atoms with Gasteiger partial charge in [-0.05, 0) is 60.7 Å². The summed E-state index contributed by atoms with van der Waals surface area (Å²) in [5, 5.41) is 15.6. The highest BCUT2D eigenvalue weighted by Crippen LogP contribution is 2.32. The Hall–Kier alpha value is -5.06. The van der Waals surface area contributed by atoms with Crippen molar-refractivity contribution in [2.75, 3.05) is 0 Å². The average molecular weight is 529 g/mol. The zero-order valence-electron chi connectivity index (χ0n) is 20.7. The van der Waals surface area contributed by atoms with Crippen LogP contribution in [0.4, 0.5) is 4.39 Å². The molecule has 2 aromatic heterocycles. The molecule has 0 saturated carbocycles. The van der Waals surface area contributed by atoms with Gasteiger partial charge in [-0.3, -0.25) is 0 Å². The largest absolute Gasteiger partial charge is 0.489 e. The van der Waals surface area contributed by atoms with Crippen molar-refractivity contribution in [3.8, 4) is 28.8 Å². The fourth-order valence-corrected chi connectivity index (χ4v) is 5.13. The van der Waals surface area contributed by atoms with Crippen molar-refractivity contribution in [1.82, 2.24) is 14.8 Å². The van der Waals surface area contributed by atoms with Gasteiger partial charge in [0.25, 0.3) is 0 Å². The van der Waals surface area contributed by atoms with Gasteiger partial charge in [0.1, 0.15) is 29.3 Å². The molecule has 0 saturated heterocycles. The van der Waals surface area contributed by atoms with E-state index in [1.165, 1.54) is 17.4 Å². The molecule has 0 aliphatic heterocycles. The third-order valence-corrected chi connectivity index (χ3v) is 7.26. The molecule has 0 fully saturated rings. The molecule has 4 aromatic carbocycles. The molecule has 0 aliphatic rings. The fraction of sp³-hybridized carbons (Fsp3) is 0.0312. The molecule has 0 amide bonds. The summed E-state index contributed by atoms with van der Waals surface area (Å²) in [5.41, 5.74) is 5.09. The van der Waals surface area contributed by atoms with Crippen LogP contribution in [0.2, 0.25) is 0 Å². The Morgan fingerprint density at radius 2 is 1.67 bits per heavy atom. The lowest BCUT2D eigenvalue weighted by molar-refractivity contribution is 0.300. The number of fused-ring (bicyclic) bond motifs is 1. The van der Waals surface area contributed by atoms with Crippen LogP contribution in [-0.2, 0) is 6.61 Å². The second kappa shape index (κ2) is 10.7. The molecule has 2 heterocycles. The van der Waals surface area contributed by atoms with Gasteiger partial charge in [-0.2, -0.15) is 10.4 Å². The first-order valence-corrected chi connectivity index (χ1v) is 13.1. The Balaban J connectivity index is 1.36. The van der Waals surface area contributed by atoms with E-state index in [0.29, 0.717) is 27.6 Å². The first-order valence-electron chi connectivity index (χ1n) is 12.3. The highest BCUT2D eigenvalue weighted by atomic mass is 32.1. The summed E-state index contributed by atoms with van der Waals surface area (Å²) in [5.74, 6) is 0.326. The second-order valence-electron chi connectivity index (χ2n) is 8.77. The molecule has 0 aliphatic carbocycles. The summed E-state index contributed by atoms with van der Waals surface area (Å²) in [7, 11) is 0. The lowest BCUT2D eigenvalue weighted by atomic mass is 10.1. The van der Waals surface area contributed by atoms with Crippen LogP contribution in [0.15, 0.2) is 109 Å². The van der Waals surface area contributed by atoms with Crippen molar-refractivity contribution in [1.29, 1.82) is 5.26 Å². The van der Waals surface area contributed by atoms with Crippen LogP contribution >= 0.6 is 11.3 Å². The monoisotopic (exact) mass is 528 g/mol. The summed E-state index contributed by atoms with van der Waals surface area (Å²) >= 11 is 1.49. The molecule has 39 heavy (non-hydrogen) atoms. The summed E-state index contributed by atoms with van der Waals surface area (Å²) in [6.07, 6.45) is 3.75. The molecule has 0 N–H and O–H groups in total. The van der Waals surface area contributed by atoms with E-state index in [1.807, 2.05) is 91.1 Å². The van der Waals surface area contributed by atoms with E-state index in [4.69, 9.17) is 9.84 Å². The molecule has 0 atom stereocenters. The molecule has 5 nitrogen and oxygen atoms in total. The molecule has 0 spiro atoms. The van der Waals surface area contributed by atoms with Crippen LogP contribution in [0.25, 0.3) is 38.8 Å². The Morgan fingerprint density at radius 3 is 2.44 bits per heavy atom. The van der Waals surface area contributed by atoms with Crippen molar-refractivity contribution in [2.24, 2.45) is 0 Å². The highest BCUT2D eigenvalue weighted by Gasteiger charge is 2.15. The van der Waals surface area contributed by atoms with E-state index in [-0.39, 0.29) is 12.4 Å². The topological polar surface area (TPSA) is 63.7 Å². The highest BCUT2D eigenvalue weighted by molar-refractivity contribution is 7.19. The Morgan fingerprint density at radius 1 is 0.923 bits per heavy atom. The number of rotatable bonds is 7. The smallest absolute Gasteiger partial charge is 0.135 e. The molecule has 6 rings (SSSR count). The molecular weight excluding hydrogens is 507 g/mol. The second-order valence-corrected chi connectivity index (χ2v) is 9.80. The van der Waals surface area contributed by atoms with Crippen molar-refractivity contribution in [3.63, 3.8) is 0 Å². The lowest BCUT2D eigenvalue weighted by Gasteiger charge is -2.08. The van der Waals surface area contributed by atoms with Gasteiger partial charge < -0.3 is 4.74 Å². The van der Waals surface area contributed by atoms with E-state index in [0.717, 1.165) is 27.0 Å². The SMILES string of the molecule is N#C/C(=C/c1cn(-c2ccccc2)nc1-c1ccc(OCc2ccccc2F)cc1)c1nc2ccccc2s1. The maximum Gasteiger partial charge on any atom is 0.135 e. The number of allylic oxidation sites excluding steroid dienone is 1. The molecule has 6 aromatic rings. The zero-order chi connectivity index (χ0) is 26.6. The number of benzene rings is 4. The number of thiazole rings is 1. The number of hydrogen-bond donors (Lipinski definition) is 0. The van der Waals surface area contributed by atoms with Crippen molar-refractivity contribution in [2.45, 2.75) is 6.61 Å². The summed E-state index contributed by atoms with van der Waals surface area (Å²) < 4.78 is 22.6. The van der Waals surface area contributed by atoms with Gasteiger partial charge in [0.15, 0.2) is 0 Å². The Bertz CT molecular complexity index is 1800. The summed E-state index contributed by atoms with van der Waals surface area (Å²) in [6, 6.07) is 34.0. The lowest BCUT2D eigenvalue weighted by Crippen LogP contribution is -1.98. The van der Waals surface area contributed by atoms with Crippen molar-refractivity contribution >= 4 is 33.2 Å². The van der Waals surface area contributed by atoms with Gasteiger partial charge in [0.2, 0.25) is 0 Å². The quantitative estimate of drug-likeness (QED) is 0.197. The third-order valence-electron chi connectivity index (χ3n) is 6.19. The summed E-state index contributed by atoms with van der Waals surface area (Å²) in [6.45, 7) is 0.135. The number of halogens is 1. The minimum atomic E-state index is -0.293. The first kappa shape index (κ1) is 24.3. The number of para-hydroxylation sites is 2. The maximum absolute atomic E-state index is 14.0. The van der Waals surface area contributed by atoms with E-state index in [2.05, 4.69) is 11.1 Å². The van der Waals surface area contributed by atoms with Crippen LogP contribution in [0.1, 0.15) is 16.1 Å². The zero-order valence-corrected chi connectivity index (χ0v) is 21.5. The van der Waals surface area contributed by atoms with E-state index in [1.54, 1.807) is 22.9 Å². The van der Waals surface area contributed by atoms with Crippen LogP contribution in [-0.4, -0.2) is 14.8 Å². The summed E-state index contributed by atoms with van der Waals surface area (Å²) in [4.78, 5) is 4.67. The van der Waals surface area contributed by atoms with Crippen LogP contribution in [0, 0.1) is 17.1 Å². The Labute approximate surface area is 228 Å².